The van der Waals surface area contributed by atoms with Crippen LogP contribution < -0.4 is 5.32 Å². The normalized spacial score (nSPS) is 11.4. The molecule has 0 fully saturated rings. The number of pyridine rings is 1. The van der Waals surface area contributed by atoms with Crippen molar-refractivity contribution in [3.8, 4) is 11.1 Å². The fraction of sp³-hybridized carbons (Fsp3) is 0.458. The zero-order chi connectivity index (χ0) is 24.2. The number of hydrogen-bond donors (Lipinski definition) is 1. The molecule has 2 aromatic rings. The van der Waals surface area contributed by atoms with Crippen LogP contribution in [-0.2, 0) is 22.4 Å². The van der Waals surface area contributed by atoms with E-state index >= 15 is 0 Å². The van der Waals surface area contributed by atoms with Crippen molar-refractivity contribution in [2.75, 3.05) is 7.11 Å². The van der Waals surface area contributed by atoms with Gasteiger partial charge in [0, 0.05) is 23.4 Å². The van der Waals surface area contributed by atoms with Gasteiger partial charge < -0.3 is 14.8 Å². The summed E-state index contributed by atoms with van der Waals surface area (Å²) < 4.78 is 39.9. The zero-order valence-electron chi connectivity index (χ0n) is 19.6. The number of aromatic nitrogens is 1. The highest BCUT2D eigenvalue weighted by atomic mass is 19.1. The van der Waals surface area contributed by atoms with E-state index in [2.05, 4.69) is 10.3 Å². The van der Waals surface area contributed by atoms with Crippen molar-refractivity contribution in [3.63, 3.8) is 0 Å². The molecule has 0 aliphatic rings. The third-order valence-corrected chi connectivity index (χ3v) is 4.58. The number of amides is 1. The van der Waals surface area contributed by atoms with Gasteiger partial charge in [0.25, 0.3) is 0 Å². The summed E-state index contributed by atoms with van der Waals surface area (Å²) in [7, 11) is 1.18. The van der Waals surface area contributed by atoms with E-state index in [-0.39, 0.29) is 34.8 Å². The molecule has 0 radical (unpaired) electrons. The van der Waals surface area contributed by atoms with Crippen molar-refractivity contribution in [2.45, 2.75) is 60.1 Å². The molecule has 0 saturated carbocycles. The van der Waals surface area contributed by atoms with Gasteiger partial charge >= 0.3 is 12.1 Å². The summed E-state index contributed by atoms with van der Waals surface area (Å²) in [5.74, 6) is -2.30. The quantitative estimate of drug-likeness (QED) is 0.603. The van der Waals surface area contributed by atoms with Gasteiger partial charge in [-0.2, -0.15) is 0 Å². The minimum atomic E-state index is -0.838. The van der Waals surface area contributed by atoms with Gasteiger partial charge in [-0.3, -0.25) is 4.98 Å². The standard InChI is InChI=1S/C24H30F2N2O4/c1-13(2)11-18-15(12-27-23(30)32-24(4,5)6)20(19(14(3)28-18)22(29)31-7)21-16(25)9-8-10-17(21)26/h8-10,13H,11-12H2,1-7H3,(H,27,30). The van der Waals surface area contributed by atoms with Gasteiger partial charge in [-0.05, 0) is 52.2 Å². The number of benzene rings is 1. The van der Waals surface area contributed by atoms with Crippen molar-refractivity contribution < 1.29 is 27.8 Å². The van der Waals surface area contributed by atoms with E-state index in [1.165, 1.54) is 13.2 Å². The molecule has 6 nitrogen and oxygen atoms in total. The van der Waals surface area contributed by atoms with Crippen LogP contribution in [0, 0.1) is 24.5 Å². The second-order valence-electron chi connectivity index (χ2n) is 8.91. The van der Waals surface area contributed by atoms with Gasteiger partial charge in [-0.15, -0.1) is 0 Å². The van der Waals surface area contributed by atoms with Crippen LogP contribution in [0.2, 0.25) is 0 Å². The fourth-order valence-corrected chi connectivity index (χ4v) is 3.39. The predicted molar refractivity (Wildman–Crippen MR) is 117 cm³/mol. The maximum absolute atomic E-state index is 14.9. The van der Waals surface area contributed by atoms with Crippen LogP contribution in [0.4, 0.5) is 13.6 Å². The van der Waals surface area contributed by atoms with E-state index in [0.29, 0.717) is 17.7 Å². The minimum absolute atomic E-state index is 0.0201. The first-order chi connectivity index (χ1) is 14.9. The Bertz CT molecular complexity index is 994. The van der Waals surface area contributed by atoms with Crippen molar-refractivity contribution in [2.24, 2.45) is 5.92 Å². The van der Waals surface area contributed by atoms with Crippen molar-refractivity contribution in [1.82, 2.24) is 10.3 Å². The summed E-state index contributed by atoms with van der Waals surface area (Å²) in [5, 5.41) is 2.62. The highest BCUT2D eigenvalue weighted by molar-refractivity contribution is 5.99. The predicted octanol–water partition coefficient (Wildman–Crippen LogP) is 5.35. The van der Waals surface area contributed by atoms with Crippen LogP contribution in [0.1, 0.15) is 61.9 Å². The first kappa shape index (κ1) is 25.2. The molecular weight excluding hydrogens is 418 g/mol. The monoisotopic (exact) mass is 448 g/mol. The molecule has 1 heterocycles. The Morgan fingerprint density at radius 2 is 1.72 bits per heavy atom. The van der Waals surface area contributed by atoms with Crippen LogP contribution in [0.15, 0.2) is 18.2 Å². The number of methoxy groups -OCH3 is 1. The van der Waals surface area contributed by atoms with Gasteiger partial charge in [0.15, 0.2) is 0 Å². The Morgan fingerprint density at radius 3 is 2.22 bits per heavy atom. The van der Waals surface area contributed by atoms with E-state index in [9.17, 15) is 18.4 Å². The molecule has 0 aliphatic carbocycles. The molecule has 1 aromatic carbocycles. The summed E-state index contributed by atoms with van der Waals surface area (Å²) in [4.78, 5) is 29.5. The lowest BCUT2D eigenvalue weighted by Crippen LogP contribution is -2.33. The van der Waals surface area contributed by atoms with Gasteiger partial charge in [-0.1, -0.05) is 19.9 Å². The lowest BCUT2D eigenvalue weighted by atomic mass is 9.89. The van der Waals surface area contributed by atoms with E-state index in [4.69, 9.17) is 9.47 Å². The molecule has 0 unspecified atom stereocenters. The molecule has 8 heteroatoms. The average Bonchev–Trinajstić information content (AvgIpc) is 2.64. The minimum Gasteiger partial charge on any atom is -0.465 e. The molecule has 32 heavy (non-hydrogen) atoms. The molecule has 0 bridgehead atoms. The van der Waals surface area contributed by atoms with Gasteiger partial charge in [0.1, 0.15) is 17.2 Å². The molecule has 0 spiro atoms. The molecular formula is C24H30F2N2O4. The number of nitrogens with one attached hydrogen (secondary N) is 1. The van der Waals surface area contributed by atoms with E-state index in [0.717, 1.165) is 12.1 Å². The van der Waals surface area contributed by atoms with E-state index in [1.54, 1.807) is 27.7 Å². The number of halogens is 2. The topological polar surface area (TPSA) is 77.5 Å². The summed E-state index contributed by atoms with van der Waals surface area (Å²) in [6.07, 6.45) is -0.232. The largest absolute Gasteiger partial charge is 0.465 e. The number of nitrogens with zero attached hydrogens (tertiary/aromatic N) is 1. The second kappa shape index (κ2) is 10.1. The van der Waals surface area contributed by atoms with Gasteiger partial charge in [-0.25, -0.2) is 18.4 Å². The van der Waals surface area contributed by atoms with Gasteiger partial charge in [0.05, 0.1) is 23.9 Å². The highest BCUT2D eigenvalue weighted by Crippen LogP contribution is 2.36. The fourth-order valence-electron chi connectivity index (χ4n) is 3.39. The van der Waals surface area contributed by atoms with E-state index in [1.807, 2.05) is 13.8 Å². The van der Waals surface area contributed by atoms with Crippen LogP contribution >= 0.6 is 0 Å². The summed E-state index contributed by atoms with van der Waals surface area (Å²) >= 11 is 0. The van der Waals surface area contributed by atoms with Crippen LogP contribution in [0.3, 0.4) is 0 Å². The molecule has 0 aliphatic heterocycles. The first-order valence-electron chi connectivity index (χ1n) is 10.4. The molecule has 174 valence electrons. The number of ether oxygens (including phenoxy) is 2. The third-order valence-electron chi connectivity index (χ3n) is 4.58. The molecule has 0 saturated heterocycles. The summed E-state index contributed by atoms with van der Waals surface area (Å²) in [5.41, 5.74) is 0.0132. The molecule has 1 N–H and O–H groups in total. The lowest BCUT2D eigenvalue weighted by molar-refractivity contribution is 0.0523. The van der Waals surface area contributed by atoms with E-state index < -0.39 is 29.3 Å². The van der Waals surface area contributed by atoms with Crippen LogP contribution in [0.25, 0.3) is 11.1 Å². The first-order valence-corrected chi connectivity index (χ1v) is 10.4. The maximum Gasteiger partial charge on any atom is 0.407 e. The number of carbonyl (C=O) groups is 2. The van der Waals surface area contributed by atoms with Crippen molar-refractivity contribution in [3.05, 3.63) is 52.3 Å². The Labute approximate surface area is 187 Å². The number of rotatable bonds is 6. The number of carbonyl (C=O) groups excluding carboxylic acids is 2. The Hall–Kier alpha value is -3.03. The van der Waals surface area contributed by atoms with Crippen LogP contribution in [-0.4, -0.2) is 29.8 Å². The number of hydrogen-bond acceptors (Lipinski definition) is 5. The number of aryl methyl sites for hydroxylation is 1. The van der Waals surface area contributed by atoms with Crippen LogP contribution in [0.5, 0.6) is 0 Å². The summed E-state index contributed by atoms with van der Waals surface area (Å²) in [6, 6.07) is 3.47. The number of alkyl carbamates (subject to hydrolysis) is 1. The average molecular weight is 449 g/mol. The lowest BCUT2D eigenvalue weighted by Gasteiger charge is -2.23. The molecule has 2 rings (SSSR count). The third kappa shape index (κ3) is 6.02. The molecule has 1 aromatic heterocycles. The SMILES string of the molecule is COC(=O)c1c(C)nc(CC(C)C)c(CNC(=O)OC(C)(C)C)c1-c1c(F)cccc1F. The van der Waals surface area contributed by atoms with Crippen molar-refractivity contribution >= 4 is 12.1 Å². The second-order valence-corrected chi connectivity index (χ2v) is 8.91. The maximum atomic E-state index is 14.9. The van der Waals surface area contributed by atoms with Gasteiger partial charge in [0.2, 0.25) is 0 Å². The Morgan fingerprint density at radius 1 is 1.12 bits per heavy atom. The summed E-state index contributed by atoms with van der Waals surface area (Å²) in [6.45, 7) is 10.6. The Kier molecular flexibility index (Phi) is 7.93. The number of esters is 1. The smallest absolute Gasteiger partial charge is 0.407 e. The highest BCUT2D eigenvalue weighted by Gasteiger charge is 2.28. The van der Waals surface area contributed by atoms with Crippen molar-refractivity contribution in [1.29, 1.82) is 0 Å². The molecule has 1 amide bonds. The zero-order valence-corrected chi connectivity index (χ0v) is 19.6. The molecule has 0 atom stereocenters. The Balaban J connectivity index is 2.79.